The molecule has 0 fully saturated rings. The Balaban J connectivity index is 1.61. The quantitative estimate of drug-likeness (QED) is 0.384. The van der Waals surface area contributed by atoms with Gasteiger partial charge in [0.05, 0.1) is 13.4 Å². The summed E-state index contributed by atoms with van der Waals surface area (Å²) in [6.07, 6.45) is 12.4. The number of hydrogen-bond acceptors (Lipinski definition) is 3. The van der Waals surface area contributed by atoms with Crippen molar-refractivity contribution < 1.29 is 9.53 Å². The van der Waals surface area contributed by atoms with E-state index >= 15 is 0 Å². The summed E-state index contributed by atoms with van der Waals surface area (Å²) in [5.41, 5.74) is 2.66. The van der Waals surface area contributed by atoms with Crippen LogP contribution in [0.4, 0.5) is 0 Å². The summed E-state index contributed by atoms with van der Waals surface area (Å²) in [5.74, 6) is 0.790. The predicted molar refractivity (Wildman–Crippen MR) is 99.1 cm³/mol. The maximum atomic E-state index is 12.2. The normalized spacial score (nSPS) is 11.2. The van der Waals surface area contributed by atoms with Crippen molar-refractivity contribution in [1.29, 1.82) is 0 Å². The molecule has 0 saturated carbocycles. The maximum Gasteiger partial charge on any atom is 0.185 e. The molecule has 0 aliphatic carbocycles. The van der Waals surface area contributed by atoms with Crippen LogP contribution in [0.2, 0.25) is 0 Å². The van der Waals surface area contributed by atoms with Crippen molar-refractivity contribution in [3.05, 3.63) is 96.6 Å². The van der Waals surface area contributed by atoms with Crippen LogP contribution in [0.15, 0.2) is 85.5 Å². The molecular formula is C21H18N2O2. The standard InChI is InChI=1S/C21H18N2O2/c1-25-20-12-6-17(7-13-20)4-2-3-5-21(24)18-8-10-19(11-9-18)23-15-14-22-16-23/h2-16H,1H3/b4-2+,5-3-. The minimum absolute atomic E-state index is 0.0310. The van der Waals surface area contributed by atoms with Crippen LogP contribution >= 0.6 is 0 Å². The molecule has 0 radical (unpaired) electrons. The van der Waals surface area contributed by atoms with Crippen molar-refractivity contribution in [2.24, 2.45) is 0 Å². The Bertz CT molecular complexity index is 875. The third-order valence-electron chi connectivity index (χ3n) is 3.72. The first-order valence-electron chi connectivity index (χ1n) is 7.88. The lowest BCUT2D eigenvalue weighted by molar-refractivity contribution is 0.104. The number of aromatic nitrogens is 2. The summed E-state index contributed by atoms with van der Waals surface area (Å²) in [7, 11) is 1.64. The van der Waals surface area contributed by atoms with E-state index in [-0.39, 0.29) is 5.78 Å². The van der Waals surface area contributed by atoms with Crippen LogP contribution in [0.1, 0.15) is 15.9 Å². The number of rotatable bonds is 6. The average Bonchev–Trinajstić information content (AvgIpc) is 3.20. The van der Waals surface area contributed by atoms with E-state index < -0.39 is 0 Å². The second-order valence-electron chi connectivity index (χ2n) is 5.37. The Morgan fingerprint density at radius 1 is 1.04 bits per heavy atom. The molecule has 0 N–H and O–H groups in total. The minimum Gasteiger partial charge on any atom is -0.497 e. The highest BCUT2D eigenvalue weighted by Crippen LogP contribution is 2.13. The van der Waals surface area contributed by atoms with Crippen LogP contribution in [-0.4, -0.2) is 22.4 Å². The topological polar surface area (TPSA) is 44.1 Å². The number of carbonyl (C=O) groups excluding carboxylic acids is 1. The summed E-state index contributed by atoms with van der Waals surface area (Å²) < 4.78 is 7.01. The molecule has 0 saturated heterocycles. The van der Waals surface area contributed by atoms with Gasteiger partial charge >= 0.3 is 0 Å². The average molecular weight is 330 g/mol. The van der Waals surface area contributed by atoms with E-state index in [1.54, 1.807) is 31.8 Å². The van der Waals surface area contributed by atoms with Crippen LogP contribution in [0, 0.1) is 0 Å². The molecule has 0 amide bonds. The fourth-order valence-electron chi connectivity index (χ4n) is 2.33. The van der Waals surface area contributed by atoms with Crippen molar-refractivity contribution in [3.63, 3.8) is 0 Å². The van der Waals surface area contributed by atoms with Gasteiger partial charge in [0.1, 0.15) is 5.75 Å². The predicted octanol–water partition coefficient (Wildman–Crippen LogP) is 4.33. The van der Waals surface area contributed by atoms with Crippen molar-refractivity contribution in [2.45, 2.75) is 0 Å². The third-order valence-corrected chi connectivity index (χ3v) is 3.72. The van der Waals surface area contributed by atoms with Gasteiger partial charge in [-0.1, -0.05) is 30.4 Å². The number of ketones is 1. The van der Waals surface area contributed by atoms with Gasteiger partial charge in [0.15, 0.2) is 5.78 Å². The summed E-state index contributed by atoms with van der Waals surface area (Å²) in [4.78, 5) is 16.2. The van der Waals surface area contributed by atoms with Crippen LogP contribution in [0.5, 0.6) is 5.75 Å². The lowest BCUT2D eigenvalue weighted by Crippen LogP contribution is -1.95. The van der Waals surface area contributed by atoms with Gasteiger partial charge in [-0.3, -0.25) is 4.79 Å². The molecule has 0 spiro atoms. The number of hydrogen-bond donors (Lipinski definition) is 0. The van der Waals surface area contributed by atoms with Gasteiger partial charge in [0.25, 0.3) is 0 Å². The van der Waals surface area contributed by atoms with E-state index in [9.17, 15) is 4.79 Å². The summed E-state index contributed by atoms with van der Waals surface area (Å²) in [5, 5.41) is 0. The highest BCUT2D eigenvalue weighted by atomic mass is 16.5. The Labute approximate surface area is 146 Å². The molecule has 124 valence electrons. The van der Waals surface area contributed by atoms with Crippen LogP contribution in [-0.2, 0) is 0 Å². The number of carbonyl (C=O) groups is 1. The van der Waals surface area contributed by atoms with Gasteiger partial charge in [-0.2, -0.15) is 0 Å². The number of methoxy groups -OCH3 is 1. The monoisotopic (exact) mass is 330 g/mol. The van der Waals surface area contributed by atoms with Gasteiger partial charge in [-0.15, -0.1) is 0 Å². The Morgan fingerprint density at radius 3 is 2.44 bits per heavy atom. The highest BCUT2D eigenvalue weighted by molar-refractivity contribution is 6.04. The first-order chi connectivity index (χ1) is 12.3. The number of benzene rings is 2. The zero-order chi connectivity index (χ0) is 17.5. The van der Waals surface area contributed by atoms with Crippen molar-refractivity contribution >= 4 is 11.9 Å². The van der Waals surface area contributed by atoms with Crippen molar-refractivity contribution in [2.75, 3.05) is 7.11 Å². The molecule has 4 nitrogen and oxygen atoms in total. The van der Waals surface area contributed by atoms with Gasteiger partial charge in [-0.05, 0) is 48.0 Å². The minimum atomic E-state index is -0.0310. The van der Waals surface area contributed by atoms with E-state index in [1.807, 2.05) is 71.4 Å². The number of allylic oxidation sites excluding steroid dienone is 3. The largest absolute Gasteiger partial charge is 0.497 e. The molecule has 25 heavy (non-hydrogen) atoms. The second kappa shape index (κ2) is 7.93. The van der Waals surface area contributed by atoms with Crippen LogP contribution in [0.3, 0.4) is 0 Å². The Hall–Kier alpha value is -3.40. The van der Waals surface area contributed by atoms with E-state index in [0.29, 0.717) is 5.56 Å². The SMILES string of the molecule is COc1ccc(/C=C/C=C\C(=O)c2ccc(-n3ccnc3)cc2)cc1. The van der Waals surface area contributed by atoms with E-state index in [0.717, 1.165) is 17.0 Å². The fraction of sp³-hybridized carbons (Fsp3) is 0.0476. The highest BCUT2D eigenvalue weighted by Gasteiger charge is 2.02. The summed E-state index contributed by atoms with van der Waals surface area (Å²) in [6.45, 7) is 0. The van der Waals surface area contributed by atoms with Gasteiger partial charge < -0.3 is 9.30 Å². The molecule has 1 heterocycles. The van der Waals surface area contributed by atoms with E-state index in [1.165, 1.54) is 0 Å². The Morgan fingerprint density at radius 2 is 1.80 bits per heavy atom. The first kappa shape index (κ1) is 16.5. The van der Waals surface area contributed by atoms with E-state index in [4.69, 9.17) is 4.74 Å². The van der Waals surface area contributed by atoms with Crippen LogP contribution < -0.4 is 4.74 Å². The molecule has 0 atom stereocenters. The molecule has 0 unspecified atom stereocenters. The fourth-order valence-corrected chi connectivity index (χ4v) is 2.33. The summed E-state index contributed by atoms with van der Waals surface area (Å²) in [6, 6.07) is 15.1. The molecule has 1 aromatic heterocycles. The molecular weight excluding hydrogens is 312 g/mol. The van der Waals surface area contributed by atoms with Crippen molar-refractivity contribution in [3.8, 4) is 11.4 Å². The zero-order valence-electron chi connectivity index (χ0n) is 13.9. The number of imidazole rings is 1. The second-order valence-corrected chi connectivity index (χ2v) is 5.37. The smallest absolute Gasteiger partial charge is 0.185 e. The number of nitrogens with zero attached hydrogens (tertiary/aromatic N) is 2. The molecule has 0 bridgehead atoms. The summed E-state index contributed by atoms with van der Waals surface area (Å²) >= 11 is 0. The van der Waals surface area contributed by atoms with Gasteiger partial charge in [-0.25, -0.2) is 4.98 Å². The lowest BCUT2D eigenvalue weighted by Gasteiger charge is -2.02. The van der Waals surface area contributed by atoms with Gasteiger partial charge in [0.2, 0.25) is 0 Å². The molecule has 4 heteroatoms. The van der Waals surface area contributed by atoms with E-state index in [2.05, 4.69) is 4.98 Å². The number of ether oxygens (including phenoxy) is 1. The van der Waals surface area contributed by atoms with Crippen LogP contribution in [0.25, 0.3) is 11.8 Å². The van der Waals surface area contributed by atoms with Gasteiger partial charge in [0, 0.05) is 23.6 Å². The van der Waals surface area contributed by atoms with Crippen molar-refractivity contribution in [1.82, 2.24) is 9.55 Å². The zero-order valence-corrected chi connectivity index (χ0v) is 13.9. The lowest BCUT2D eigenvalue weighted by atomic mass is 10.1. The Kier molecular flexibility index (Phi) is 5.22. The molecule has 3 rings (SSSR count). The molecule has 3 aromatic rings. The molecule has 0 aliphatic heterocycles. The first-order valence-corrected chi connectivity index (χ1v) is 7.88. The molecule has 2 aromatic carbocycles. The molecule has 0 aliphatic rings. The third kappa shape index (κ3) is 4.32. The maximum absolute atomic E-state index is 12.2.